The van der Waals surface area contributed by atoms with Gasteiger partial charge in [-0.05, 0) is 42.2 Å². The number of pyridine rings is 1. The highest BCUT2D eigenvalue weighted by molar-refractivity contribution is 6.30. The highest BCUT2D eigenvalue weighted by Crippen LogP contribution is 2.27. The Labute approximate surface area is 146 Å². The Hall–Kier alpha value is -2.27. The lowest BCUT2D eigenvalue weighted by Crippen LogP contribution is -2.50. The summed E-state index contributed by atoms with van der Waals surface area (Å²) in [7, 11) is 3.28. The largest absolute Gasteiger partial charge is 0.497 e. The molecule has 0 aliphatic carbocycles. The van der Waals surface area contributed by atoms with Gasteiger partial charge in [-0.15, -0.1) is 0 Å². The van der Waals surface area contributed by atoms with Crippen LogP contribution in [0.4, 0.5) is 0 Å². The standard InChI is InChI=1S/C18H19ClN2O3/c1-23-15-6-12(7-16(9-15)24-2)5-13-10-21(11-13)18(22)17-8-14(19)3-4-20-17/h3-4,6-9,13H,5,10-11H2,1-2H3. The molecule has 0 atom stereocenters. The molecule has 0 spiro atoms. The van der Waals surface area contributed by atoms with Crippen LogP contribution in [-0.2, 0) is 6.42 Å². The zero-order valence-corrected chi connectivity index (χ0v) is 14.4. The third-order valence-corrected chi connectivity index (χ3v) is 4.36. The molecular weight excluding hydrogens is 328 g/mol. The number of likely N-dealkylation sites (tertiary alicyclic amines) is 1. The van der Waals surface area contributed by atoms with Crippen LogP contribution in [0.3, 0.4) is 0 Å². The summed E-state index contributed by atoms with van der Waals surface area (Å²) < 4.78 is 10.6. The maximum atomic E-state index is 12.3. The van der Waals surface area contributed by atoms with Crippen LogP contribution in [0.5, 0.6) is 11.5 Å². The fourth-order valence-electron chi connectivity index (χ4n) is 2.87. The first-order valence-corrected chi connectivity index (χ1v) is 8.09. The number of carbonyl (C=O) groups is 1. The minimum atomic E-state index is -0.0722. The van der Waals surface area contributed by atoms with Gasteiger partial charge in [0.05, 0.1) is 14.2 Å². The van der Waals surface area contributed by atoms with Gasteiger partial charge in [0.15, 0.2) is 0 Å². The van der Waals surface area contributed by atoms with E-state index in [1.165, 1.54) is 0 Å². The van der Waals surface area contributed by atoms with Gasteiger partial charge in [0, 0.05) is 30.4 Å². The Balaban J connectivity index is 1.60. The molecule has 2 heterocycles. The molecule has 126 valence electrons. The van der Waals surface area contributed by atoms with Crippen molar-refractivity contribution >= 4 is 17.5 Å². The summed E-state index contributed by atoms with van der Waals surface area (Å²) in [6.07, 6.45) is 2.43. The Bertz CT molecular complexity index is 723. The molecule has 1 fully saturated rings. The Morgan fingerprint density at radius 3 is 2.46 bits per heavy atom. The summed E-state index contributed by atoms with van der Waals surface area (Å²) >= 11 is 5.91. The van der Waals surface area contributed by atoms with E-state index < -0.39 is 0 Å². The number of methoxy groups -OCH3 is 2. The fourth-order valence-corrected chi connectivity index (χ4v) is 3.03. The fraction of sp³-hybridized carbons (Fsp3) is 0.333. The topological polar surface area (TPSA) is 51.7 Å². The summed E-state index contributed by atoms with van der Waals surface area (Å²) in [4.78, 5) is 18.2. The van der Waals surface area contributed by atoms with E-state index in [0.29, 0.717) is 29.7 Å². The number of ether oxygens (including phenoxy) is 2. The quantitative estimate of drug-likeness (QED) is 0.835. The van der Waals surface area contributed by atoms with Gasteiger partial charge < -0.3 is 14.4 Å². The number of hydrogen-bond acceptors (Lipinski definition) is 4. The van der Waals surface area contributed by atoms with E-state index in [2.05, 4.69) is 4.98 Å². The first kappa shape index (κ1) is 16.6. The third-order valence-electron chi connectivity index (χ3n) is 4.12. The average Bonchev–Trinajstić information content (AvgIpc) is 2.56. The minimum absolute atomic E-state index is 0.0722. The molecule has 3 rings (SSSR count). The van der Waals surface area contributed by atoms with Gasteiger partial charge in [-0.2, -0.15) is 0 Å². The molecule has 0 N–H and O–H groups in total. The van der Waals surface area contributed by atoms with E-state index in [1.54, 1.807) is 37.4 Å². The molecule has 0 unspecified atom stereocenters. The van der Waals surface area contributed by atoms with E-state index in [4.69, 9.17) is 21.1 Å². The molecule has 0 bridgehead atoms. The zero-order chi connectivity index (χ0) is 17.1. The molecule has 6 heteroatoms. The van der Waals surface area contributed by atoms with Gasteiger partial charge in [-0.25, -0.2) is 0 Å². The van der Waals surface area contributed by atoms with E-state index in [0.717, 1.165) is 23.5 Å². The summed E-state index contributed by atoms with van der Waals surface area (Å²) in [6.45, 7) is 1.43. The van der Waals surface area contributed by atoms with Crippen molar-refractivity contribution in [2.45, 2.75) is 6.42 Å². The molecule has 2 aromatic rings. The third kappa shape index (κ3) is 3.62. The number of halogens is 1. The summed E-state index contributed by atoms with van der Waals surface area (Å²) in [5, 5.41) is 0.522. The summed E-state index contributed by atoms with van der Waals surface area (Å²) in [6, 6.07) is 9.12. The first-order chi connectivity index (χ1) is 11.6. The van der Waals surface area contributed by atoms with Crippen LogP contribution in [0.2, 0.25) is 5.02 Å². The number of amides is 1. The summed E-state index contributed by atoms with van der Waals surface area (Å²) in [5.74, 6) is 1.90. The molecular formula is C18H19ClN2O3. The molecule has 1 aliphatic rings. The maximum Gasteiger partial charge on any atom is 0.272 e. The van der Waals surface area contributed by atoms with Crippen molar-refractivity contribution in [3.05, 3.63) is 52.8 Å². The van der Waals surface area contributed by atoms with Crippen molar-refractivity contribution in [2.24, 2.45) is 5.92 Å². The predicted molar refractivity (Wildman–Crippen MR) is 91.9 cm³/mol. The molecule has 1 aliphatic heterocycles. The monoisotopic (exact) mass is 346 g/mol. The first-order valence-electron chi connectivity index (χ1n) is 7.72. The number of hydrogen-bond donors (Lipinski definition) is 0. The van der Waals surface area contributed by atoms with Gasteiger partial charge in [0.1, 0.15) is 17.2 Å². The van der Waals surface area contributed by atoms with Crippen LogP contribution in [-0.4, -0.2) is 43.1 Å². The highest BCUT2D eigenvalue weighted by atomic mass is 35.5. The Morgan fingerprint density at radius 2 is 1.88 bits per heavy atom. The van der Waals surface area contributed by atoms with E-state index in [-0.39, 0.29) is 5.91 Å². The van der Waals surface area contributed by atoms with Gasteiger partial charge in [0.2, 0.25) is 0 Å². The lowest BCUT2D eigenvalue weighted by atomic mass is 9.91. The van der Waals surface area contributed by atoms with Gasteiger partial charge in [-0.1, -0.05) is 11.6 Å². The highest BCUT2D eigenvalue weighted by Gasteiger charge is 2.32. The van der Waals surface area contributed by atoms with Crippen LogP contribution in [0, 0.1) is 5.92 Å². The lowest BCUT2D eigenvalue weighted by molar-refractivity contribution is 0.0495. The van der Waals surface area contributed by atoms with Crippen molar-refractivity contribution < 1.29 is 14.3 Å². The van der Waals surface area contributed by atoms with Crippen LogP contribution in [0.1, 0.15) is 16.1 Å². The molecule has 5 nitrogen and oxygen atoms in total. The Morgan fingerprint density at radius 1 is 1.21 bits per heavy atom. The average molecular weight is 347 g/mol. The van der Waals surface area contributed by atoms with Crippen LogP contribution >= 0.6 is 11.6 Å². The molecule has 24 heavy (non-hydrogen) atoms. The molecule has 0 radical (unpaired) electrons. The number of rotatable bonds is 5. The lowest BCUT2D eigenvalue weighted by Gasteiger charge is -2.39. The SMILES string of the molecule is COc1cc(CC2CN(C(=O)c3cc(Cl)ccn3)C2)cc(OC)c1. The van der Waals surface area contributed by atoms with E-state index in [1.807, 2.05) is 18.2 Å². The van der Waals surface area contributed by atoms with Crippen molar-refractivity contribution in [1.82, 2.24) is 9.88 Å². The van der Waals surface area contributed by atoms with Gasteiger partial charge in [0.25, 0.3) is 5.91 Å². The van der Waals surface area contributed by atoms with Crippen LogP contribution < -0.4 is 9.47 Å². The zero-order valence-electron chi connectivity index (χ0n) is 13.7. The second-order valence-electron chi connectivity index (χ2n) is 5.86. The minimum Gasteiger partial charge on any atom is -0.497 e. The molecule has 1 aromatic heterocycles. The normalized spacial score (nSPS) is 14.2. The number of carbonyl (C=O) groups excluding carboxylic acids is 1. The van der Waals surface area contributed by atoms with Crippen molar-refractivity contribution in [3.8, 4) is 11.5 Å². The molecule has 1 saturated heterocycles. The second kappa shape index (κ2) is 7.09. The number of benzene rings is 1. The van der Waals surface area contributed by atoms with E-state index in [9.17, 15) is 4.79 Å². The molecule has 1 amide bonds. The molecule has 0 saturated carbocycles. The molecule has 1 aromatic carbocycles. The maximum absolute atomic E-state index is 12.3. The van der Waals surface area contributed by atoms with Crippen LogP contribution in [0.15, 0.2) is 36.5 Å². The second-order valence-corrected chi connectivity index (χ2v) is 6.30. The number of aromatic nitrogens is 1. The Kier molecular flexibility index (Phi) is 4.90. The van der Waals surface area contributed by atoms with Gasteiger partial charge >= 0.3 is 0 Å². The summed E-state index contributed by atoms with van der Waals surface area (Å²) in [5.41, 5.74) is 1.54. The van der Waals surface area contributed by atoms with Crippen molar-refractivity contribution in [2.75, 3.05) is 27.3 Å². The van der Waals surface area contributed by atoms with Crippen molar-refractivity contribution in [1.29, 1.82) is 0 Å². The predicted octanol–water partition coefficient (Wildman–Crippen LogP) is 3.07. The van der Waals surface area contributed by atoms with Crippen LogP contribution in [0.25, 0.3) is 0 Å². The number of nitrogens with zero attached hydrogens (tertiary/aromatic N) is 2. The van der Waals surface area contributed by atoms with Crippen molar-refractivity contribution in [3.63, 3.8) is 0 Å². The smallest absolute Gasteiger partial charge is 0.272 e. The van der Waals surface area contributed by atoms with E-state index >= 15 is 0 Å². The van der Waals surface area contributed by atoms with Gasteiger partial charge in [-0.3, -0.25) is 9.78 Å².